The Morgan fingerprint density at radius 1 is 1.09 bits per heavy atom. The van der Waals surface area contributed by atoms with Gasteiger partial charge in [-0.15, -0.1) is 0 Å². The molecule has 2 aromatic heterocycles. The molecule has 3 aliphatic rings. The fourth-order valence-electron chi connectivity index (χ4n) is 4.90. The quantitative estimate of drug-likeness (QED) is 0.116. The van der Waals surface area contributed by atoms with Crippen molar-refractivity contribution in [2.75, 3.05) is 18.9 Å². The van der Waals surface area contributed by atoms with Crippen molar-refractivity contribution in [1.29, 1.82) is 0 Å². The molecule has 0 radical (unpaired) electrons. The molecule has 10 atom stereocenters. The van der Waals surface area contributed by atoms with Crippen LogP contribution in [0.1, 0.15) is 19.6 Å². The number of hydrogen-bond donors (Lipinski definition) is 8. The molecule has 3 aliphatic heterocycles. The van der Waals surface area contributed by atoms with Gasteiger partial charge in [0.05, 0.1) is 19.5 Å². The minimum absolute atomic E-state index is 0.0507. The predicted octanol–water partition coefficient (Wildman–Crippen LogP) is -2.30. The Morgan fingerprint density at radius 2 is 1.80 bits per heavy atom. The number of amides is 1. The Balaban J connectivity index is 1.17. The fraction of sp³-hybridized carbons (Fsp3) is 0.545. The van der Waals surface area contributed by atoms with E-state index in [0.717, 1.165) is 6.33 Å². The van der Waals surface area contributed by atoms with E-state index in [0.29, 0.717) is 0 Å². The zero-order chi connectivity index (χ0) is 32.9. The summed E-state index contributed by atoms with van der Waals surface area (Å²) in [5.41, 5.74) is 9.75. The van der Waals surface area contributed by atoms with Crippen molar-refractivity contribution >= 4 is 38.5 Å². The van der Waals surface area contributed by atoms with E-state index < -0.39 is 83.3 Å². The first-order chi connectivity index (χ1) is 21.0. The average Bonchev–Trinajstić information content (AvgIpc) is 3.60. The minimum Gasteiger partial charge on any atom is -0.387 e. The number of nitrogen functional groups attached to an aromatic ring is 1. The number of ether oxygens (including phenoxy) is 2. The van der Waals surface area contributed by atoms with Crippen molar-refractivity contribution in [2.45, 2.75) is 61.9 Å². The van der Waals surface area contributed by atoms with Crippen LogP contribution in [0.3, 0.4) is 0 Å². The van der Waals surface area contributed by atoms with Gasteiger partial charge in [-0.25, -0.2) is 24.1 Å². The highest BCUT2D eigenvalue weighted by atomic mass is 31.3. The number of phosphoric ester groups is 2. The molecular formula is C22H31N7O14P2. The van der Waals surface area contributed by atoms with Crippen LogP contribution in [0.25, 0.3) is 11.2 Å². The van der Waals surface area contributed by atoms with Crippen LogP contribution in [0.2, 0.25) is 0 Å². The van der Waals surface area contributed by atoms with Crippen molar-refractivity contribution in [1.82, 2.24) is 24.4 Å². The number of primary amides is 1. The molecule has 45 heavy (non-hydrogen) atoms. The van der Waals surface area contributed by atoms with Gasteiger partial charge >= 0.3 is 15.6 Å². The normalized spacial score (nSPS) is 34.5. The summed E-state index contributed by atoms with van der Waals surface area (Å²) >= 11 is 0. The minimum atomic E-state index is -5.41. The molecule has 23 heteroatoms. The number of hydrogen-bond acceptors (Lipinski definition) is 17. The van der Waals surface area contributed by atoms with Crippen molar-refractivity contribution in [3.63, 3.8) is 0 Å². The Bertz CT molecular complexity index is 1610. The van der Waals surface area contributed by atoms with E-state index in [-0.39, 0.29) is 29.0 Å². The summed E-state index contributed by atoms with van der Waals surface area (Å²) in [4.78, 5) is 44.9. The number of fused-ring (bicyclic) bond motifs is 1. The SMILES string of the molecule is C[C@]1(COP(=O)(O)OP(=O)(O)OC[C@@H]2O[C@H](n3cnc4c(N)ncnc43)C(O)[C@@H]2O)O[C@@H](N2C=CCC(C(N)=O)=C2)[C@@H](O)C1O. The zero-order valence-corrected chi connectivity index (χ0v) is 25.1. The number of anilines is 1. The highest BCUT2D eigenvalue weighted by Gasteiger charge is 2.54. The topological polar surface area (TPSA) is 318 Å². The molecule has 10 N–H and O–H groups in total. The molecule has 0 aliphatic carbocycles. The number of phosphoric acid groups is 2. The largest absolute Gasteiger partial charge is 0.481 e. The molecule has 0 spiro atoms. The van der Waals surface area contributed by atoms with Gasteiger partial charge in [0, 0.05) is 18.0 Å². The maximum Gasteiger partial charge on any atom is 0.481 e. The second-order valence-corrected chi connectivity index (χ2v) is 13.6. The highest BCUT2D eigenvalue weighted by Crippen LogP contribution is 2.61. The van der Waals surface area contributed by atoms with Crippen molar-refractivity contribution in [2.24, 2.45) is 5.73 Å². The maximum atomic E-state index is 12.6. The van der Waals surface area contributed by atoms with E-state index in [1.165, 1.54) is 35.1 Å². The Morgan fingerprint density at radius 3 is 2.51 bits per heavy atom. The number of nitrogens with zero attached hydrogens (tertiary/aromatic N) is 5. The van der Waals surface area contributed by atoms with Crippen LogP contribution < -0.4 is 11.5 Å². The molecule has 0 bridgehead atoms. The Kier molecular flexibility index (Phi) is 9.21. The Hall–Kier alpha value is -2.88. The molecule has 248 valence electrons. The second-order valence-electron chi connectivity index (χ2n) is 10.5. The first kappa shape index (κ1) is 33.5. The van der Waals surface area contributed by atoms with E-state index in [2.05, 4.69) is 19.3 Å². The van der Waals surface area contributed by atoms with Crippen molar-refractivity contribution in [3.8, 4) is 0 Å². The van der Waals surface area contributed by atoms with E-state index in [9.17, 15) is 44.1 Å². The van der Waals surface area contributed by atoms with Gasteiger partial charge in [0.25, 0.3) is 0 Å². The second kappa shape index (κ2) is 12.4. The molecule has 1 amide bonds. The van der Waals surface area contributed by atoms with Crippen LogP contribution in [0.15, 0.2) is 36.7 Å². The maximum absolute atomic E-state index is 12.6. The van der Waals surface area contributed by atoms with Crippen molar-refractivity contribution < 1.29 is 67.0 Å². The summed E-state index contributed by atoms with van der Waals surface area (Å²) in [6.07, 6.45) is -3.59. The zero-order valence-electron chi connectivity index (χ0n) is 23.3. The highest BCUT2D eigenvalue weighted by molar-refractivity contribution is 7.61. The lowest BCUT2D eigenvalue weighted by molar-refractivity contribution is -0.121. The molecule has 2 aromatic rings. The molecular weight excluding hydrogens is 648 g/mol. The third-order valence-corrected chi connectivity index (χ3v) is 9.86. The summed E-state index contributed by atoms with van der Waals surface area (Å²) in [7, 11) is -10.8. The fourth-order valence-corrected chi connectivity index (χ4v) is 7.07. The van der Waals surface area contributed by atoms with Crippen LogP contribution in [0.5, 0.6) is 0 Å². The lowest BCUT2D eigenvalue weighted by Crippen LogP contribution is -2.44. The van der Waals surface area contributed by atoms with Crippen LogP contribution in [-0.4, -0.2) is 116 Å². The third-order valence-electron chi connectivity index (χ3n) is 7.28. The standard InChI is InChI=1S/C22H31N7O14P2/c1-22(16(33)15(32)20(42-22)28-4-2-3-10(5-28)18(24)34)7-40-45(37,38)43-44(35,36)39-6-11-13(30)14(31)21(41-11)29-9-27-12-17(23)25-8-26-19(12)29/h2,4-5,8-9,11,13-16,20-21,30-33H,3,6-7H2,1H3,(H2,24,34)(H,35,36)(H,37,38)(H2,23,25,26)/t11-,13+,14?,15-,16?,20+,21-,22+/m0/s1. The van der Waals surface area contributed by atoms with Gasteiger partial charge in [-0.05, 0) is 13.3 Å². The van der Waals surface area contributed by atoms with Crippen LogP contribution in [0, 0.1) is 0 Å². The van der Waals surface area contributed by atoms with Gasteiger partial charge in [0.1, 0.15) is 48.0 Å². The number of aliphatic hydroxyl groups excluding tert-OH is 4. The number of aliphatic hydroxyl groups is 4. The first-order valence-electron chi connectivity index (χ1n) is 13.1. The molecule has 0 aromatic carbocycles. The summed E-state index contributed by atoms with van der Waals surface area (Å²) in [5.74, 6) is -0.662. The third kappa shape index (κ3) is 6.81. The van der Waals surface area contributed by atoms with Crippen LogP contribution in [0.4, 0.5) is 5.82 Å². The van der Waals surface area contributed by atoms with Gasteiger partial charge in [0.2, 0.25) is 5.91 Å². The molecule has 2 fully saturated rings. The van der Waals surface area contributed by atoms with E-state index in [1.807, 2.05) is 0 Å². The number of carbonyl (C=O) groups excluding carboxylic acids is 1. The molecule has 4 unspecified atom stereocenters. The smallest absolute Gasteiger partial charge is 0.387 e. The number of aromatic nitrogens is 4. The number of imidazole rings is 1. The summed E-state index contributed by atoms with van der Waals surface area (Å²) in [6, 6.07) is 0. The summed E-state index contributed by atoms with van der Waals surface area (Å²) < 4.78 is 51.4. The summed E-state index contributed by atoms with van der Waals surface area (Å²) in [5, 5.41) is 42.1. The molecule has 0 saturated carbocycles. The molecule has 5 heterocycles. The van der Waals surface area contributed by atoms with Gasteiger partial charge < -0.3 is 56.1 Å². The van der Waals surface area contributed by atoms with Crippen molar-refractivity contribution in [3.05, 3.63) is 36.7 Å². The monoisotopic (exact) mass is 679 g/mol. The van der Waals surface area contributed by atoms with E-state index in [1.54, 1.807) is 6.08 Å². The van der Waals surface area contributed by atoms with Gasteiger partial charge in [0.15, 0.2) is 23.9 Å². The number of nitrogens with two attached hydrogens (primary N) is 2. The van der Waals surface area contributed by atoms with Crippen LogP contribution >= 0.6 is 15.6 Å². The van der Waals surface area contributed by atoms with Gasteiger partial charge in [-0.3, -0.25) is 18.4 Å². The number of carbonyl (C=O) groups is 1. The number of rotatable bonds is 11. The Labute approximate surface area is 253 Å². The predicted molar refractivity (Wildman–Crippen MR) is 146 cm³/mol. The molecule has 2 saturated heterocycles. The van der Waals surface area contributed by atoms with Gasteiger partial charge in [-0.2, -0.15) is 4.31 Å². The number of allylic oxidation sites excluding steroid dienone is 1. The average molecular weight is 679 g/mol. The van der Waals surface area contributed by atoms with E-state index >= 15 is 0 Å². The first-order valence-corrected chi connectivity index (χ1v) is 16.1. The van der Waals surface area contributed by atoms with E-state index in [4.69, 9.17) is 30.0 Å². The van der Waals surface area contributed by atoms with Gasteiger partial charge in [-0.1, -0.05) is 6.08 Å². The lowest BCUT2D eigenvalue weighted by atomic mass is 9.98. The summed E-state index contributed by atoms with van der Waals surface area (Å²) in [6.45, 7) is -0.596. The molecule has 21 nitrogen and oxygen atoms in total. The lowest BCUT2D eigenvalue weighted by Gasteiger charge is -2.30. The van der Waals surface area contributed by atoms with Crippen LogP contribution in [-0.2, 0) is 36.8 Å². The molecule has 5 rings (SSSR count).